The summed E-state index contributed by atoms with van der Waals surface area (Å²) in [6.07, 6.45) is 0.139. The summed E-state index contributed by atoms with van der Waals surface area (Å²) in [4.78, 5) is 54.6. The molecule has 0 aliphatic carbocycles. The molecular weight excluding hydrogens is 440 g/mol. The number of aromatic nitrogens is 2. The SMILES string of the molecule is CCC(=O)N1C(=O)C2(SCC(=O)N2c2c(C)n(C)n(-c3ccccc3)c2=O)c2ccccc21. The molecule has 1 spiro atoms. The van der Waals surface area contributed by atoms with E-state index >= 15 is 0 Å². The average molecular weight is 463 g/mol. The summed E-state index contributed by atoms with van der Waals surface area (Å²) in [6, 6.07) is 16.1. The van der Waals surface area contributed by atoms with Gasteiger partial charge < -0.3 is 0 Å². The van der Waals surface area contributed by atoms with Gasteiger partial charge in [0.25, 0.3) is 11.5 Å². The fourth-order valence-electron chi connectivity index (χ4n) is 4.66. The second kappa shape index (κ2) is 7.48. The third-order valence-electron chi connectivity index (χ3n) is 6.27. The fourth-order valence-corrected chi connectivity index (χ4v) is 5.98. The van der Waals surface area contributed by atoms with Gasteiger partial charge in [0.05, 0.1) is 22.8 Å². The summed E-state index contributed by atoms with van der Waals surface area (Å²) in [5.74, 6) is -1.19. The summed E-state index contributed by atoms with van der Waals surface area (Å²) in [5.41, 5.74) is 1.94. The summed E-state index contributed by atoms with van der Waals surface area (Å²) in [7, 11) is 1.74. The van der Waals surface area contributed by atoms with Gasteiger partial charge >= 0.3 is 0 Å². The van der Waals surface area contributed by atoms with Crippen molar-refractivity contribution >= 4 is 40.9 Å². The molecule has 0 radical (unpaired) electrons. The first kappa shape index (κ1) is 21.3. The Kier molecular flexibility index (Phi) is 4.82. The highest BCUT2D eigenvalue weighted by atomic mass is 32.2. The van der Waals surface area contributed by atoms with Crippen molar-refractivity contribution in [2.24, 2.45) is 7.05 Å². The number of thioether (sulfide) groups is 1. The minimum Gasteiger partial charge on any atom is -0.283 e. The minimum absolute atomic E-state index is 0.0212. The van der Waals surface area contributed by atoms with Crippen LogP contribution >= 0.6 is 11.8 Å². The highest BCUT2D eigenvalue weighted by Crippen LogP contribution is 2.55. The molecule has 3 amide bonds. The molecule has 1 saturated heterocycles. The van der Waals surface area contributed by atoms with Crippen molar-refractivity contribution in [2.45, 2.75) is 25.1 Å². The maximum Gasteiger partial charge on any atom is 0.295 e. The molecule has 168 valence electrons. The molecule has 3 aromatic rings. The van der Waals surface area contributed by atoms with Gasteiger partial charge in [0.1, 0.15) is 5.69 Å². The highest BCUT2D eigenvalue weighted by Gasteiger charge is 2.63. The van der Waals surface area contributed by atoms with E-state index in [1.807, 2.05) is 18.2 Å². The van der Waals surface area contributed by atoms with Crippen LogP contribution in [0, 0.1) is 6.92 Å². The number of carbonyl (C=O) groups is 3. The van der Waals surface area contributed by atoms with Gasteiger partial charge in [-0.05, 0) is 25.1 Å². The van der Waals surface area contributed by atoms with E-state index in [1.165, 1.54) is 9.58 Å². The maximum atomic E-state index is 13.9. The van der Waals surface area contributed by atoms with Gasteiger partial charge in [-0.2, -0.15) is 0 Å². The fraction of sp³-hybridized carbons (Fsp3) is 0.250. The Balaban J connectivity index is 1.77. The van der Waals surface area contributed by atoms with Gasteiger partial charge in [0, 0.05) is 19.0 Å². The molecule has 1 fully saturated rings. The number of rotatable bonds is 3. The Bertz CT molecular complexity index is 1380. The number of hydrogen-bond acceptors (Lipinski definition) is 5. The number of imide groups is 1. The normalized spacial score (nSPS) is 19.6. The largest absolute Gasteiger partial charge is 0.295 e. The molecule has 1 aromatic heterocycles. The van der Waals surface area contributed by atoms with Crippen LogP contribution < -0.4 is 15.4 Å². The van der Waals surface area contributed by atoms with Crippen molar-refractivity contribution in [1.82, 2.24) is 9.36 Å². The van der Waals surface area contributed by atoms with E-state index in [0.29, 0.717) is 22.6 Å². The van der Waals surface area contributed by atoms with E-state index in [0.717, 1.165) is 16.7 Å². The highest BCUT2D eigenvalue weighted by molar-refractivity contribution is 8.02. The lowest BCUT2D eigenvalue weighted by molar-refractivity contribution is -0.128. The van der Waals surface area contributed by atoms with Crippen LogP contribution in [0.25, 0.3) is 5.69 Å². The summed E-state index contributed by atoms with van der Waals surface area (Å²) in [5, 5.41) is 0. The number of fused-ring (bicyclic) bond motifs is 2. The zero-order chi connectivity index (χ0) is 23.5. The number of nitrogens with zero attached hydrogens (tertiary/aromatic N) is 4. The molecule has 0 N–H and O–H groups in total. The van der Waals surface area contributed by atoms with Crippen molar-refractivity contribution in [1.29, 1.82) is 0 Å². The number of benzene rings is 2. The Morgan fingerprint density at radius 2 is 1.70 bits per heavy atom. The second-order valence-electron chi connectivity index (χ2n) is 7.98. The van der Waals surface area contributed by atoms with Crippen LogP contribution in [0.3, 0.4) is 0 Å². The lowest BCUT2D eigenvalue weighted by Gasteiger charge is -2.32. The van der Waals surface area contributed by atoms with Gasteiger partial charge in [-0.25, -0.2) is 9.58 Å². The van der Waals surface area contributed by atoms with Crippen LogP contribution in [0.4, 0.5) is 11.4 Å². The summed E-state index contributed by atoms with van der Waals surface area (Å²) >= 11 is 1.15. The molecular formula is C24H22N4O4S. The zero-order valence-electron chi connectivity index (χ0n) is 18.4. The first-order chi connectivity index (χ1) is 15.8. The lowest BCUT2D eigenvalue weighted by atomic mass is 10.0. The maximum absolute atomic E-state index is 13.9. The predicted molar refractivity (Wildman–Crippen MR) is 127 cm³/mol. The molecule has 9 heteroatoms. The minimum atomic E-state index is -1.50. The average Bonchev–Trinajstić information content (AvgIpc) is 3.37. The first-order valence-corrected chi connectivity index (χ1v) is 11.6. The van der Waals surface area contributed by atoms with Crippen molar-refractivity contribution in [2.75, 3.05) is 15.6 Å². The quantitative estimate of drug-likeness (QED) is 0.598. The molecule has 8 nitrogen and oxygen atoms in total. The molecule has 1 atom stereocenters. The van der Waals surface area contributed by atoms with Gasteiger partial charge in [0.15, 0.2) is 0 Å². The third kappa shape index (κ3) is 2.72. The second-order valence-corrected chi connectivity index (χ2v) is 9.15. The van der Waals surface area contributed by atoms with E-state index in [2.05, 4.69) is 0 Å². The number of para-hydroxylation sites is 2. The van der Waals surface area contributed by atoms with E-state index in [4.69, 9.17) is 0 Å². The Morgan fingerprint density at radius 3 is 2.39 bits per heavy atom. The molecule has 2 aromatic carbocycles. The Labute approximate surface area is 194 Å². The molecule has 5 rings (SSSR count). The van der Waals surface area contributed by atoms with Crippen LogP contribution in [-0.2, 0) is 26.3 Å². The molecule has 1 unspecified atom stereocenters. The van der Waals surface area contributed by atoms with Crippen LogP contribution in [-0.4, -0.2) is 32.8 Å². The number of carbonyl (C=O) groups excluding carboxylic acids is 3. The smallest absolute Gasteiger partial charge is 0.283 e. The molecule has 2 aliphatic rings. The Morgan fingerprint density at radius 1 is 1.03 bits per heavy atom. The summed E-state index contributed by atoms with van der Waals surface area (Å²) in [6.45, 7) is 3.44. The van der Waals surface area contributed by atoms with E-state index < -0.39 is 16.3 Å². The van der Waals surface area contributed by atoms with Crippen LogP contribution in [0.2, 0.25) is 0 Å². The van der Waals surface area contributed by atoms with Gasteiger partial charge in [-0.1, -0.05) is 43.3 Å². The van der Waals surface area contributed by atoms with E-state index in [9.17, 15) is 19.2 Å². The first-order valence-electron chi connectivity index (χ1n) is 10.6. The standard InChI is InChI=1S/C24H22N4O4S/c1-4-19(29)26-18-13-9-8-12-17(18)24(23(26)32)27(20(30)14-33-24)21-15(2)25(3)28(22(21)31)16-10-6-5-7-11-16/h5-13H,4,14H2,1-3H3. The number of anilines is 2. The zero-order valence-corrected chi connectivity index (χ0v) is 19.3. The Hall–Kier alpha value is -3.59. The van der Waals surface area contributed by atoms with Crippen LogP contribution in [0.15, 0.2) is 59.4 Å². The van der Waals surface area contributed by atoms with Gasteiger partial charge in [-0.15, -0.1) is 11.8 Å². The number of hydrogen-bond donors (Lipinski definition) is 0. The molecule has 0 saturated carbocycles. The third-order valence-corrected chi connectivity index (χ3v) is 7.66. The summed E-state index contributed by atoms with van der Waals surface area (Å²) < 4.78 is 3.16. The van der Waals surface area contributed by atoms with Crippen molar-refractivity contribution in [3.8, 4) is 5.69 Å². The predicted octanol–water partition coefficient (Wildman–Crippen LogP) is 2.70. The van der Waals surface area contributed by atoms with Crippen LogP contribution in [0.1, 0.15) is 24.6 Å². The lowest BCUT2D eigenvalue weighted by Crippen LogP contribution is -2.52. The molecule has 0 bridgehead atoms. The van der Waals surface area contributed by atoms with E-state index in [1.54, 1.807) is 62.0 Å². The molecule has 2 aliphatic heterocycles. The number of amides is 3. The van der Waals surface area contributed by atoms with E-state index in [-0.39, 0.29) is 29.7 Å². The monoisotopic (exact) mass is 462 g/mol. The molecule has 3 heterocycles. The van der Waals surface area contributed by atoms with Gasteiger partial charge in [0.2, 0.25) is 16.7 Å². The van der Waals surface area contributed by atoms with Crippen molar-refractivity contribution in [3.63, 3.8) is 0 Å². The topological polar surface area (TPSA) is 84.6 Å². The molecule has 33 heavy (non-hydrogen) atoms. The van der Waals surface area contributed by atoms with Gasteiger partial charge in [-0.3, -0.25) is 28.8 Å². The van der Waals surface area contributed by atoms with Crippen molar-refractivity contribution < 1.29 is 14.4 Å². The van der Waals surface area contributed by atoms with Crippen LogP contribution in [0.5, 0.6) is 0 Å². The van der Waals surface area contributed by atoms with Crippen molar-refractivity contribution in [3.05, 3.63) is 76.2 Å².